The number of nitrogens with one attached hydrogen (secondary N) is 2. The molecule has 1 aliphatic heterocycles. The Labute approximate surface area is 145 Å². The molecule has 0 fully saturated rings. The smallest absolute Gasteiger partial charge is 0.231 e. The van der Waals surface area contributed by atoms with Crippen LogP contribution in [0.1, 0.15) is 5.56 Å². The predicted octanol–water partition coefficient (Wildman–Crippen LogP) is 3.60. The molecule has 4 rings (SSSR count). The first-order valence-electron chi connectivity index (χ1n) is 8.14. The number of nitrogens with zero attached hydrogens (tertiary/aromatic N) is 2. The highest BCUT2D eigenvalue weighted by atomic mass is 16.7. The highest BCUT2D eigenvalue weighted by Crippen LogP contribution is 2.34. The Morgan fingerprint density at radius 2 is 1.84 bits per heavy atom. The molecule has 3 aromatic rings. The summed E-state index contributed by atoms with van der Waals surface area (Å²) >= 11 is 0. The third-order valence-electron chi connectivity index (χ3n) is 3.85. The molecule has 0 saturated heterocycles. The van der Waals surface area contributed by atoms with E-state index in [-0.39, 0.29) is 6.79 Å². The van der Waals surface area contributed by atoms with E-state index >= 15 is 0 Å². The summed E-state index contributed by atoms with van der Waals surface area (Å²) in [7, 11) is 0. The molecule has 0 atom stereocenters. The average Bonchev–Trinajstić information content (AvgIpc) is 3.11. The molecule has 2 N–H and O–H groups in total. The maximum atomic E-state index is 5.38. The summed E-state index contributed by atoms with van der Waals surface area (Å²) in [6.07, 6.45) is 2.67. The number of hydrogen-bond donors (Lipinski definition) is 2. The molecule has 0 unspecified atom stereocenters. The molecule has 0 amide bonds. The van der Waals surface area contributed by atoms with Gasteiger partial charge < -0.3 is 20.1 Å². The van der Waals surface area contributed by atoms with E-state index in [4.69, 9.17) is 9.47 Å². The lowest BCUT2D eigenvalue weighted by Crippen LogP contribution is -2.07. The Balaban J connectivity index is 1.38. The van der Waals surface area contributed by atoms with E-state index in [1.165, 1.54) is 5.56 Å². The van der Waals surface area contributed by atoms with Crippen molar-refractivity contribution >= 4 is 17.5 Å². The molecule has 0 aliphatic carbocycles. The highest BCUT2D eigenvalue weighted by molar-refractivity contribution is 5.60. The van der Waals surface area contributed by atoms with Gasteiger partial charge in [0, 0.05) is 24.5 Å². The van der Waals surface area contributed by atoms with Gasteiger partial charge in [-0.15, -0.1) is 0 Å². The fraction of sp³-hybridized carbons (Fsp3) is 0.158. The molecule has 0 radical (unpaired) electrons. The molecule has 0 saturated carbocycles. The molecule has 6 nitrogen and oxygen atoms in total. The first kappa shape index (κ1) is 15.3. The Bertz CT molecular complexity index is 855. The van der Waals surface area contributed by atoms with E-state index in [9.17, 15) is 0 Å². The zero-order valence-electron chi connectivity index (χ0n) is 13.6. The van der Waals surface area contributed by atoms with Crippen LogP contribution in [-0.4, -0.2) is 23.3 Å². The Morgan fingerprint density at radius 1 is 0.960 bits per heavy atom. The van der Waals surface area contributed by atoms with Crippen molar-refractivity contribution in [2.24, 2.45) is 0 Å². The van der Waals surface area contributed by atoms with Crippen molar-refractivity contribution in [2.75, 3.05) is 24.0 Å². The quantitative estimate of drug-likeness (QED) is 0.718. The van der Waals surface area contributed by atoms with Crippen LogP contribution in [0.15, 0.2) is 60.8 Å². The molecule has 1 aliphatic rings. The van der Waals surface area contributed by atoms with E-state index < -0.39 is 0 Å². The van der Waals surface area contributed by atoms with Crippen molar-refractivity contribution in [3.8, 4) is 11.5 Å². The lowest BCUT2D eigenvalue weighted by Gasteiger charge is -2.09. The molecule has 25 heavy (non-hydrogen) atoms. The molecular weight excluding hydrogens is 316 g/mol. The van der Waals surface area contributed by atoms with Crippen molar-refractivity contribution in [1.82, 2.24) is 9.97 Å². The number of anilines is 3. The monoisotopic (exact) mass is 334 g/mol. The van der Waals surface area contributed by atoms with Crippen molar-refractivity contribution < 1.29 is 9.47 Å². The minimum Gasteiger partial charge on any atom is -0.454 e. The summed E-state index contributed by atoms with van der Waals surface area (Å²) in [6, 6.07) is 17.9. The third kappa shape index (κ3) is 3.80. The number of fused-ring (bicyclic) bond motifs is 1. The molecule has 126 valence electrons. The van der Waals surface area contributed by atoms with Gasteiger partial charge in [0.2, 0.25) is 12.7 Å². The highest BCUT2D eigenvalue weighted by Gasteiger charge is 2.13. The van der Waals surface area contributed by atoms with Gasteiger partial charge in [0.05, 0.1) is 0 Å². The zero-order chi connectivity index (χ0) is 16.9. The Hall–Kier alpha value is -3.28. The summed E-state index contributed by atoms with van der Waals surface area (Å²) in [4.78, 5) is 8.75. The van der Waals surface area contributed by atoms with Gasteiger partial charge in [0.1, 0.15) is 5.82 Å². The molecule has 2 aromatic carbocycles. The van der Waals surface area contributed by atoms with Crippen LogP contribution in [0, 0.1) is 0 Å². The molecule has 0 bridgehead atoms. The minimum atomic E-state index is 0.260. The second-order valence-corrected chi connectivity index (χ2v) is 5.62. The van der Waals surface area contributed by atoms with E-state index in [0.29, 0.717) is 5.95 Å². The van der Waals surface area contributed by atoms with Gasteiger partial charge in [-0.1, -0.05) is 30.3 Å². The number of hydrogen-bond acceptors (Lipinski definition) is 6. The van der Waals surface area contributed by atoms with Crippen molar-refractivity contribution in [3.63, 3.8) is 0 Å². The topological polar surface area (TPSA) is 68.3 Å². The number of ether oxygens (including phenoxy) is 2. The van der Waals surface area contributed by atoms with Crippen LogP contribution in [0.5, 0.6) is 11.5 Å². The summed E-state index contributed by atoms with van der Waals surface area (Å²) in [5.41, 5.74) is 2.15. The van der Waals surface area contributed by atoms with Crippen LogP contribution in [-0.2, 0) is 6.42 Å². The van der Waals surface area contributed by atoms with Crippen LogP contribution in [0.4, 0.5) is 17.5 Å². The SMILES string of the molecule is c1ccc(CCNc2ccnc(Nc3ccc4c(c3)OCO4)n2)cc1. The fourth-order valence-electron chi connectivity index (χ4n) is 2.60. The third-order valence-corrected chi connectivity index (χ3v) is 3.85. The van der Waals surface area contributed by atoms with E-state index in [2.05, 4.69) is 32.7 Å². The molecule has 6 heteroatoms. The molecule has 0 spiro atoms. The minimum absolute atomic E-state index is 0.260. The standard InChI is InChI=1S/C19H18N4O2/c1-2-4-14(5-3-1)8-10-20-18-9-11-21-19(23-18)22-15-6-7-16-17(12-15)25-13-24-16/h1-7,9,11-12H,8,10,13H2,(H2,20,21,22,23). The summed E-state index contributed by atoms with van der Waals surface area (Å²) in [6.45, 7) is 1.07. The van der Waals surface area contributed by atoms with Gasteiger partial charge in [-0.05, 0) is 30.2 Å². The van der Waals surface area contributed by atoms with Crippen LogP contribution in [0.3, 0.4) is 0 Å². The van der Waals surface area contributed by atoms with Gasteiger partial charge in [-0.25, -0.2) is 4.98 Å². The maximum Gasteiger partial charge on any atom is 0.231 e. The molecular formula is C19H18N4O2. The van der Waals surface area contributed by atoms with Crippen molar-refractivity contribution in [2.45, 2.75) is 6.42 Å². The Morgan fingerprint density at radius 3 is 2.76 bits per heavy atom. The lowest BCUT2D eigenvalue weighted by atomic mass is 10.1. The van der Waals surface area contributed by atoms with E-state index in [1.54, 1.807) is 6.20 Å². The lowest BCUT2D eigenvalue weighted by molar-refractivity contribution is 0.174. The zero-order valence-corrected chi connectivity index (χ0v) is 13.6. The number of rotatable bonds is 6. The van der Waals surface area contributed by atoms with Crippen LogP contribution < -0.4 is 20.1 Å². The molecule has 2 heterocycles. The Kier molecular flexibility index (Phi) is 4.33. The van der Waals surface area contributed by atoms with Crippen LogP contribution in [0.25, 0.3) is 0 Å². The first-order valence-corrected chi connectivity index (χ1v) is 8.14. The van der Waals surface area contributed by atoms with E-state index in [1.807, 2.05) is 42.5 Å². The number of benzene rings is 2. The summed E-state index contributed by atoms with van der Waals surface area (Å²) in [5, 5.41) is 6.51. The second kappa shape index (κ2) is 7.09. The summed E-state index contributed by atoms with van der Waals surface area (Å²) in [5.74, 6) is 2.79. The van der Waals surface area contributed by atoms with Crippen LogP contribution in [0.2, 0.25) is 0 Å². The van der Waals surface area contributed by atoms with Gasteiger partial charge in [0.15, 0.2) is 11.5 Å². The fourth-order valence-corrected chi connectivity index (χ4v) is 2.60. The second-order valence-electron chi connectivity index (χ2n) is 5.62. The maximum absolute atomic E-state index is 5.38. The normalized spacial score (nSPS) is 12.0. The van der Waals surface area contributed by atoms with Crippen molar-refractivity contribution in [3.05, 3.63) is 66.4 Å². The average molecular weight is 334 g/mol. The van der Waals surface area contributed by atoms with Gasteiger partial charge in [-0.3, -0.25) is 0 Å². The van der Waals surface area contributed by atoms with Crippen LogP contribution >= 0.6 is 0 Å². The van der Waals surface area contributed by atoms with Gasteiger partial charge in [0.25, 0.3) is 0 Å². The van der Waals surface area contributed by atoms with Gasteiger partial charge >= 0.3 is 0 Å². The molecule has 1 aromatic heterocycles. The largest absolute Gasteiger partial charge is 0.454 e. The van der Waals surface area contributed by atoms with Gasteiger partial charge in [-0.2, -0.15) is 4.98 Å². The predicted molar refractivity (Wildman–Crippen MR) is 96.5 cm³/mol. The van der Waals surface area contributed by atoms with E-state index in [0.717, 1.165) is 36.0 Å². The van der Waals surface area contributed by atoms with Crippen molar-refractivity contribution in [1.29, 1.82) is 0 Å². The first-order chi connectivity index (χ1) is 12.4. The summed E-state index contributed by atoms with van der Waals surface area (Å²) < 4.78 is 10.7. The number of aromatic nitrogens is 2.